The topological polar surface area (TPSA) is 71.0 Å². The van der Waals surface area contributed by atoms with Crippen LogP contribution in [0.1, 0.15) is 18.5 Å². The second kappa shape index (κ2) is 4.53. The van der Waals surface area contributed by atoms with Crippen LogP contribution in [0.2, 0.25) is 0 Å². The van der Waals surface area contributed by atoms with E-state index in [-0.39, 0.29) is 18.0 Å². The molecule has 6 nitrogen and oxygen atoms in total. The highest BCUT2D eigenvalue weighted by Crippen LogP contribution is 2.09. The van der Waals surface area contributed by atoms with Crippen molar-refractivity contribution < 1.29 is 4.79 Å². The number of H-pyrrole nitrogens is 1. The van der Waals surface area contributed by atoms with Crippen LogP contribution >= 0.6 is 0 Å². The van der Waals surface area contributed by atoms with Crippen LogP contribution in [0.3, 0.4) is 0 Å². The number of fused-ring (bicyclic) bond motifs is 1. The van der Waals surface area contributed by atoms with Gasteiger partial charge in [0.15, 0.2) is 0 Å². The van der Waals surface area contributed by atoms with Crippen LogP contribution in [0.25, 0.3) is 11.0 Å². The van der Waals surface area contributed by atoms with Gasteiger partial charge in [-0.05, 0) is 25.8 Å². The Bertz CT molecular complexity index is 679. The fourth-order valence-corrected chi connectivity index (χ4v) is 2.49. The number of nitrogens with one attached hydrogen (secondary N) is 1. The third-order valence-electron chi connectivity index (χ3n) is 3.51. The first-order chi connectivity index (χ1) is 9.15. The molecule has 3 rings (SSSR count). The van der Waals surface area contributed by atoms with E-state index in [2.05, 4.69) is 9.97 Å². The molecule has 6 heteroatoms. The van der Waals surface area contributed by atoms with Crippen LogP contribution < -0.4 is 5.56 Å². The lowest BCUT2D eigenvalue weighted by molar-refractivity contribution is -0.130. The quantitative estimate of drug-likeness (QED) is 0.862. The van der Waals surface area contributed by atoms with Gasteiger partial charge in [-0.2, -0.15) is 0 Å². The summed E-state index contributed by atoms with van der Waals surface area (Å²) in [6.45, 7) is 3.54. The summed E-state index contributed by atoms with van der Waals surface area (Å²) in [5.74, 6) is -0.0102. The predicted octanol–water partition coefficient (Wildman–Crippen LogP) is 0.655. The Morgan fingerprint density at radius 1 is 1.42 bits per heavy atom. The molecule has 1 amide bonds. The summed E-state index contributed by atoms with van der Waals surface area (Å²) in [4.78, 5) is 33.2. The van der Waals surface area contributed by atoms with Crippen LogP contribution in [0.4, 0.5) is 0 Å². The molecule has 1 aliphatic heterocycles. The van der Waals surface area contributed by atoms with Gasteiger partial charge in [0, 0.05) is 18.8 Å². The van der Waals surface area contributed by atoms with Gasteiger partial charge in [-0.1, -0.05) is 0 Å². The van der Waals surface area contributed by atoms with Crippen LogP contribution in [0.15, 0.2) is 17.2 Å². The molecule has 0 atom stereocenters. The van der Waals surface area contributed by atoms with Crippen molar-refractivity contribution in [2.24, 2.45) is 0 Å². The van der Waals surface area contributed by atoms with E-state index < -0.39 is 0 Å². The van der Waals surface area contributed by atoms with E-state index in [1.807, 2.05) is 13.0 Å². The minimum absolute atomic E-state index is 0.0102. The zero-order valence-corrected chi connectivity index (χ0v) is 10.8. The first-order valence-corrected chi connectivity index (χ1v) is 6.48. The molecule has 0 radical (unpaired) electrons. The highest BCUT2D eigenvalue weighted by Gasteiger charge is 2.19. The molecular weight excluding hydrogens is 244 g/mol. The summed E-state index contributed by atoms with van der Waals surface area (Å²) in [6, 6.07) is 1.82. The summed E-state index contributed by atoms with van der Waals surface area (Å²) < 4.78 is 1.37. The van der Waals surface area contributed by atoms with Gasteiger partial charge < -0.3 is 9.88 Å². The average Bonchev–Trinajstić information content (AvgIpc) is 3.01. The van der Waals surface area contributed by atoms with Gasteiger partial charge in [0.25, 0.3) is 5.56 Å². The fraction of sp³-hybridized carbons (Fsp3) is 0.462. The second-order valence-electron chi connectivity index (χ2n) is 4.98. The summed E-state index contributed by atoms with van der Waals surface area (Å²) in [7, 11) is 0. The van der Waals surface area contributed by atoms with E-state index in [0.29, 0.717) is 11.0 Å². The molecule has 1 N–H and O–H groups in total. The van der Waals surface area contributed by atoms with Gasteiger partial charge in [0.05, 0.1) is 11.8 Å². The molecule has 1 fully saturated rings. The molecule has 3 heterocycles. The standard InChI is InChI=1S/C13H16N4O2/c1-9-6-10-12(15-9)13(19)17(8-14-10)7-11(18)16-4-2-3-5-16/h6,8,15H,2-5,7H2,1H3. The van der Waals surface area contributed by atoms with Crippen molar-refractivity contribution in [2.45, 2.75) is 26.3 Å². The summed E-state index contributed by atoms with van der Waals surface area (Å²) in [5, 5.41) is 0. The summed E-state index contributed by atoms with van der Waals surface area (Å²) in [6.07, 6.45) is 3.55. The molecule has 0 aliphatic carbocycles. The largest absolute Gasteiger partial charge is 0.353 e. The molecule has 2 aromatic heterocycles. The molecule has 100 valence electrons. The predicted molar refractivity (Wildman–Crippen MR) is 70.9 cm³/mol. The lowest BCUT2D eigenvalue weighted by atomic mass is 10.4. The molecule has 0 bridgehead atoms. The van der Waals surface area contributed by atoms with Crippen molar-refractivity contribution in [3.63, 3.8) is 0 Å². The number of likely N-dealkylation sites (tertiary alicyclic amines) is 1. The van der Waals surface area contributed by atoms with Gasteiger partial charge in [-0.3, -0.25) is 14.2 Å². The van der Waals surface area contributed by atoms with Gasteiger partial charge in [0.1, 0.15) is 12.1 Å². The fourth-order valence-electron chi connectivity index (χ4n) is 2.49. The minimum Gasteiger partial charge on any atom is -0.353 e. The Balaban J connectivity index is 1.90. The second-order valence-corrected chi connectivity index (χ2v) is 4.98. The Morgan fingerprint density at radius 2 is 2.16 bits per heavy atom. The Kier molecular flexibility index (Phi) is 2.85. The first kappa shape index (κ1) is 12.0. The van der Waals surface area contributed by atoms with Gasteiger partial charge in [0.2, 0.25) is 5.91 Å². The summed E-state index contributed by atoms with van der Waals surface area (Å²) in [5.41, 5.74) is 1.82. The number of carbonyl (C=O) groups is 1. The molecule has 19 heavy (non-hydrogen) atoms. The number of hydrogen-bond donors (Lipinski definition) is 1. The highest BCUT2D eigenvalue weighted by atomic mass is 16.2. The number of aromatic amines is 1. The maximum absolute atomic E-state index is 12.2. The normalized spacial score (nSPS) is 15.3. The molecule has 1 saturated heterocycles. The number of rotatable bonds is 2. The average molecular weight is 260 g/mol. The number of aryl methyl sites for hydroxylation is 1. The third kappa shape index (κ3) is 2.14. The van der Waals surface area contributed by atoms with Crippen LogP contribution in [0.5, 0.6) is 0 Å². The van der Waals surface area contributed by atoms with Crippen molar-refractivity contribution in [3.05, 3.63) is 28.4 Å². The number of nitrogens with zero attached hydrogens (tertiary/aromatic N) is 3. The molecule has 1 aliphatic rings. The van der Waals surface area contributed by atoms with Gasteiger partial charge in [-0.25, -0.2) is 4.98 Å². The van der Waals surface area contributed by atoms with E-state index in [1.165, 1.54) is 10.9 Å². The van der Waals surface area contributed by atoms with E-state index in [4.69, 9.17) is 0 Å². The van der Waals surface area contributed by atoms with Crippen molar-refractivity contribution in [3.8, 4) is 0 Å². The first-order valence-electron chi connectivity index (χ1n) is 6.48. The van der Waals surface area contributed by atoms with E-state index in [1.54, 1.807) is 4.90 Å². The SMILES string of the molecule is Cc1cc2ncn(CC(=O)N3CCCC3)c(=O)c2[nH]1. The zero-order valence-electron chi connectivity index (χ0n) is 10.8. The number of carbonyl (C=O) groups excluding carboxylic acids is 1. The Hall–Kier alpha value is -2.11. The van der Waals surface area contributed by atoms with E-state index >= 15 is 0 Å². The number of aromatic nitrogens is 3. The molecule has 0 spiro atoms. The van der Waals surface area contributed by atoms with Crippen molar-refractivity contribution in [2.75, 3.05) is 13.1 Å². The monoisotopic (exact) mass is 260 g/mol. The Labute approximate surface area is 110 Å². The van der Waals surface area contributed by atoms with Crippen LogP contribution in [-0.2, 0) is 11.3 Å². The van der Waals surface area contributed by atoms with Gasteiger partial charge in [-0.15, -0.1) is 0 Å². The molecule has 0 aromatic carbocycles. The lowest BCUT2D eigenvalue weighted by Gasteiger charge is -2.15. The van der Waals surface area contributed by atoms with Crippen molar-refractivity contribution >= 4 is 16.9 Å². The van der Waals surface area contributed by atoms with Crippen molar-refractivity contribution in [1.82, 2.24) is 19.4 Å². The van der Waals surface area contributed by atoms with Crippen molar-refractivity contribution in [1.29, 1.82) is 0 Å². The molecule has 2 aromatic rings. The zero-order chi connectivity index (χ0) is 13.4. The number of amides is 1. The third-order valence-corrected chi connectivity index (χ3v) is 3.51. The summed E-state index contributed by atoms with van der Waals surface area (Å²) >= 11 is 0. The highest BCUT2D eigenvalue weighted by molar-refractivity contribution is 5.77. The molecule has 0 unspecified atom stereocenters. The molecule has 0 saturated carbocycles. The van der Waals surface area contributed by atoms with E-state index in [0.717, 1.165) is 31.6 Å². The maximum Gasteiger partial charge on any atom is 0.278 e. The van der Waals surface area contributed by atoms with Gasteiger partial charge >= 0.3 is 0 Å². The van der Waals surface area contributed by atoms with Crippen LogP contribution in [-0.4, -0.2) is 38.4 Å². The Morgan fingerprint density at radius 3 is 2.89 bits per heavy atom. The smallest absolute Gasteiger partial charge is 0.278 e. The lowest BCUT2D eigenvalue weighted by Crippen LogP contribution is -2.34. The molecular formula is C13H16N4O2. The van der Waals surface area contributed by atoms with Crippen LogP contribution in [0, 0.1) is 6.92 Å². The van der Waals surface area contributed by atoms with E-state index in [9.17, 15) is 9.59 Å². The minimum atomic E-state index is -0.189. The maximum atomic E-state index is 12.2. The number of hydrogen-bond acceptors (Lipinski definition) is 3.